The molecule has 0 aliphatic heterocycles. The van der Waals surface area contributed by atoms with Crippen LogP contribution in [0.5, 0.6) is 0 Å². The highest BCUT2D eigenvalue weighted by molar-refractivity contribution is 5.94. The monoisotopic (exact) mass is 485 g/mol. The molecule has 3 rings (SSSR count). The molecule has 1 amide bonds. The zero-order chi connectivity index (χ0) is 25.7. The molecule has 9 heteroatoms. The summed E-state index contributed by atoms with van der Waals surface area (Å²) < 4.78 is 61.0. The highest BCUT2D eigenvalue weighted by Crippen LogP contribution is 2.39. The maximum Gasteiger partial charge on any atom is 0.490 e. The molecule has 1 aliphatic rings. The lowest BCUT2D eigenvalue weighted by Crippen LogP contribution is -2.21. The average Bonchev–Trinajstić information content (AvgIpc) is 2.75. The van der Waals surface area contributed by atoms with Crippen molar-refractivity contribution in [2.45, 2.75) is 58.5 Å². The average molecular weight is 485 g/mol. The molecule has 0 bridgehead atoms. The Balaban J connectivity index is 0.000000509. The van der Waals surface area contributed by atoms with Gasteiger partial charge in [-0.25, -0.2) is 13.6 Å². The first-order valence-electron chi connectivity index (χ1n) is 10.9. The Labute approximate surface area is 195 Å². The third-order valence-corrected chi connectivity index (χ3v) is 6.14. The van der Waals surface area contributed by atoms with Crippen LogP contribution in [-0.4, -0.2) is 23.2 Å². The fourth-order valence-electron chi connectivity index (χ4n) is 3.95. The molecule has 4 nitrogen and oxygen atoms in total. The molecule has 0 radical (unpaired) electrons. The van der Waals surface area contributed by atoms with Crippen molar-refractivity contribution in [2.75, 3.05) is 0 Å². The largest absolute Gasteiger partial charge is 0.490 e. The van der Waals surface area contributed by atoms with Crippen molar-refractivity contribution < 1.29 is 36.6 Å². The molecule has 0 unspecified atom stereocenters. The summed E-state index contributed by atoms with van der Waals surface area (Å²) in [5.41, 5.74) is 6.98. The Morgan fingerprint density at radius 1 is 1.06 bits per heavy atom. The normalized spacial score (nSPS) is 15.9. The quantitative estimate of drug-likeness (QED) is 0.474. The Kier molecular flexibility index (Phi) is 8.80. The SMILES string of the molecule is CC1(C)CCC(CCc2ccc(-c3cccc(C(N)=O)c3)c(F)c2F)CC1.O=C(O)C(F)(F)F. The van der Waals surface area contributed by atoms with Crippen molar-refractivity contribution in [1.29, 1.82) is 0 Å². The van der Waals surface area contributed by atoms with Crippen LogP contribution in [0.25, 0.3) is 11.1 Å². The van der Waals surface area contributed by atoms with E-state index in [-0.39, 0.29) is 11.1 Å². The number of carboxylic acid groups (broad SMARTS) is 1. The van der Waals surface area contributed by atoms with Crippen molar-refractivity contribution >= 4 is 11.9 Å². The summed E-state index contributed by atoms with van der Waals surface area (Å²) in [7, 11) is 0. The predicted molar refractivity (Wildman–Crippen MR) is 118 cm³/mol. The predicted octanol–water partition coefficient (Wildman–Crippen LogP) is 6.51. The third kappa shape index (κ3) is 7.53. The third-order valence-electron chi connectivity index (χ3n) is 6.14. The minimum Gasteiger partial charge on any atom is -0.475 e. The lowest BCUT2D eigenvalue weighted by Gasteiger charge is -2.34. The second-order valence-corrected chi connectivity index (χ2v) is 9.29. The number of aliphatic carboxylic acids is 1. The minimum absolute atomic E-state index is 0.152. The van der Waals surface area contributed by atoms with Gasteiger partial charge >= 0.3 is 12.1 Å². The number of rotatable bonds is 5. The van der Waals surface area contributed by atoms with Gasteiger partial charge in [0.1, 0.15) is 0 Å². The van der Waals surface area contributed by atoms with Gasteiger partial charge in [-0.05, 0) is 73.1 Å². The number of carbonyl (C=O) groups is 2. The van der Waals surface area contributed by atoms with E-state index in [9.17, 15) is 26.7 Å². The number of carboxylic acids is 1. The first-order valence-corrected chi connectivity index (χ1v) is 10.9. The van der Waals surface area contributed by atoms with Gasteiger partial charge < -0.3 is 10.8 Å². The molecular formula is C25H28F5NO3. The smallest absolute Gasteiger partial charge is 0.475 e. The van der Waals surface area contributed by atoms with Crippen LogP contribution in [0.2, 0.25) is 0 Å². The zero-order valence-corrected chi connectivity index (χ0v) is 19.0. The number of carbonyl (C=O) groups excluding carboxylic acids is 1. The van der Waals surface area contributed by atoms with Crippen molar-refractivity contribution in [3.8, 4) is 11.1 Å². The fourth-order valence-corrected chi connectivity index (χ4v) is 3.95. The van der Waals surface area contributed by atoms with Gasteiger partial charge in [0.2, 0.25) is 5.91 Å². The minimum atomic E-state index is -5.08. The topological polar surface area (TPSA) is 80.4 Å². The van der Waals surface area contributed by atoms with Crippen LogP contribution < -0.4 is 5.73 Å². The van der Waals surface area contributed by atoms with Crippen molar-refractivity contribution in [1.82, 2.24) is 0 Å². The summed E-state index contributed by atoms with van der Waals surface area (Å²) in [4.78, 5) is 20.2. The molecule has 2 aromatic rings. The van der Waals surface area contributed by atoms with Gasteiger partial charge in [0.05, 0.1) is 0 Å². The number of benzene rings is 2. The highest BCUT2D eigenvalue weighted by atomic mass is 19.4. The van der Waals surface area contributed by atoms with Gasteiger partial charge in [-0.1, -0.05) is 38.1 Å². The Morgan fingerprint density at radius 3 is 2.18 bits per heavy atom. The number of alkyl halides is 3. The number of hydrogen-bond acceptors (Lipinski definition) is 2. The van der Waals surface area contributed by atoms with Gasteiger partial charge in [-0.2, -0.15) is 13.2 Å². The maximum atomic E-state index is 14.7. The number of hydrogen-bond donors (Lipinski definition) is 2. The van der Waals surface area contributed by atoms with Crippen molar-refractivity contribution in [2.24, 2.45) is 17.1 Å². The van der Waals surface area contributed by atoms with Crippen LogP contribution in [-0.2, 0) is 11.2 Å². The summed E-state index contributed by atoms with van der Waals surface area (Å²) in [5.74, 6) is -4.41. The fraction of sp³-hybridized carbons (Fsp3) is 0.440. The zero-order valence-electron chi connectivity index (χ0n) is 19.0. The van der Waals surface area contributed by atoms with Crippen LogP contribution >= 0.6 is 0 Å². The van der Waals surface area contributed by atoms with E-state index in [0.29, 0.717) is 28.9 Å². The van der Waals surface area contributed by atoms with E-state index < -0.39 is 29.7 Å². The molecule has 186 valence electrons. The molecule has 1 saturated carbocycles. The lowest BCUT2D eigenvalue weighted by molar-refractivity contribution is -0.192. The van der Waals surface area contributed by atoms with Crippen molar-refractivity contribution in [3.63, 3.8) is 0 Å². The van der Waals surface area contributed by atoms with Crippen LogP contribution in [0.15, 0.2) is 36.4 Å². The number of amides is 1. The Morgan fingerprint density at radius 2 is 1.65 bits per heavy atom. The molecule has 0 spiro atoms. The number of aryl methyl sites for hydroxylation is 1. The first kappa shape index (κ1) is 27.3. The number of halogens is 5. The van der Waals surface area contributed by atoms with Gasteiger partial charge in [-0.3, -0.25) is 4.79 Å². The van der Waals surface area contributed by atoms with Crippen LogP contribution in [0.3, 0.4) is 0 Å². The molecule has 0 atom stereocenters. The molecule has 3 N–H and O–H groups in total. The molecule has 1 aliphatic carbocycles. The summed E-state index contributed by atoms with van der Waals surface area (Å²) in [6.45, 7) is 4.59. The molecule has 1 fully saturated rings. The standard InChI is InChI=1S/C23H27F2NO.C2HF3O2/c1-23(2)12-10-15(11-13-23)6-7-16-8-9-19(21(25)20(16)24)17-4-3-5-18(14-17)22(26)27;3-2(4,5)1(6)7/h3-5,8-9,14-15H,6-7,10-13H2,1-2H3,(H2,26,27);(H,6,7). The van der Waals surface area contributed by atoms with Crippen LogP contribution in [0.4, 0.5) is 22.0 Å². The number of nitrogens with two attached hydrogens (primary N) is 1. The van der Waals surface area contributed by atoms with E-state index in [4.69, 9.17) is 15.6 Å². The van der Waals surface area contributed by atoms with Gasteiger partial charge in [0, 0.05) is 11.1 Å². The van der Waals surface area contributed by atoms with E-state index >= 15 is 0 Å². The lowest BCUT2D eigenvalue weighted by atomic mass is 9.72. The molecule has 2 aromatic carbocycles. The van der Waals surface area contributed by atoms with E-state index in [2.05, 4.69) is 13.8 Å². The molecule has 0 aromatic heterocycles. The molecule has 34 heavy (non-hydrogen) atoms. The van der Waals surface area contributed by atoms with Crippen molar-refractivity contribution in [3.05, 3.63) is 59.2 Å². The first-order chi connectivity index (χ1) is 15.7. The van der Waals surface area contributed by atoms with E-state index in [1.165, 1.54) is 18.9 Å². The Hall–Kier alpha value is -2.97. The number of primary amides is 1. The summed E-state index contributed by atoms with van der Waals surface area (Å²) in [5, 5.41) is 7.12. The van der Waals surface area contributed by atoms with Gasteiger partial charge in [-0.15, -0.1) is 0 Å². The second kappa shape index (κ2) is 11.0. The molecular weight excluding hydrogens is 457 g/mol. The van der Waals surface area contributed by atoms with Gasteiger partial charge in [0.25, 0.3) is 0 Å². The van der Waals surface area contributed by atoms with E-state index in [0.717, 1.165) is 19.3 Å². The summed E-state index contributed by atoms with van der Waals surface area (Å²) in [6, 6.07) is 9.57. The molecule has 0 saturated heterocycles. The van der Waals surface area contributed by atoms with Gasteiger partial charge in [0.15, 0.2) is 11.6 Å². The highest BCUT2D eigenvalue weighted by Gasteiger charge is 2.38. The Bertz CT molecular complexity index is 1020. The van der Waals surface area contributed by atoms with E-state index in [1.54, 1.807) is 30.3 Å². The van der Waals surface area contributed by atoms with Crippen LogP contribution in [0.1, 0.15) is 61.9 Å². The second-order valence-electron chi connectivity index (χ2n) is 9.29. The summed E-state index contributed by atoms with van der Waals surface area (Å²) in [6.07, 6.45) is 1.08. The van der Waals surface area contributed by atoms with E-state index in [1.807, 2.05) is 0 Å². The summed E-state index contributed by atoms with van der Waals surface area (Å²) >= 11 is 0. The molecule has 0 heterocycles. The van der Waals surface area contributed by atoms with Crippen LogP contribution in [0, 0.1) is 23.0 Å². The maximum absolute atomic E-state index is 14.7.